The first kappa shape index (κ1) is 16.2. The van der Waals surface area contributed by atoms with Crippen molar-refractivity contribution in [2.24, 2.45) is 14.1 Å². The SMILES string of the molecule is Cc1cn[nH]c1[C@@H]1CCCCN1C(=O)c1cc(=O)n(C)c(=O)n1C. The molecule has 0 aromatic carbocycles. The monoisotopic (exact) mass is 331 g/mol. The third-order valence-corrected chi connectivity index (χ3v) is 4.71. The second-order valence-corrected chi connectivity index (χ2v) is 6.25. The quantitative estimate of drug-likeness (QED) is 0.866. The molecule has 1 atom stereocenters. The average molecular weight is 331 g/mol. The lowest BCUT2D eigenvalue weighted by Gasteiger charge is -2.35. The van der Waals surface area contributed by atoms with Gasteiger partial charge in [0, 0.05) is 26.7 Å². The summed E-state index contributed by atoms with van der Waals surface area (Å²) in [5, 5.41) is 7.03. The fraction of sp³-hybridized carbons (Fsp3) is 0.500. The molecule has 24 heavy (non-hydrogen) atoms. The molecule has 1 amide bonds. The number of rotatable bonds is 2. The van der Waals surface area contributed by atoms with Gasteiger partial charge in [-0.15, -0.1) is 0 Å². The minimum atomic E-state index is -0.503. The smallest absolute Gasteiger partial charge is 0.329 e. The number of likely N-dealkylation sites (tertiary alicyclic amines) is 1. The van der Waals surface area contributed by atoms with Gasteiger partial charge in [0.05, 0.1) is 17.9 Å². The summed E-state index contributed by atoms with van der Waals surface area (Å²) in [4.78, 5) is 38.8. The summed E-state index contributed by atoms with van der Waals surface area (Å²) in [6, 6.07) is 1.11. The highest BCUT2D eigenvalue weighted by atomic mass is 16.2. The van der Waals surface area contributed by atoms with Gasteiger partial charge in [-0.05, 0) is 31.7 Å². The van der Waals surface area contributed by atoms with Crippen LogP contribution < -0.4 is 11.2 Å². The number of nitrogens with one attached hydrogen (secondary N) is 1. The van der Waals surface area contributed by atoms with E-state index >= 15 is 0 Å². The summed E-state index contributed by atoms with van der Waals surface area (Å²) in [5.74, 6) is -0.300. The van der Waals surface area contributed by atoms with Crippen molar-refractivity contribution in [1.82, 2.24) is 24.2 Å². The molecule has 0 bridgehead atoms. The van der Waals surface area contributed by atoms with Gasteiger partial charge in [0.25, 0.3) is 11.5 Å². The van der Waals surface area contributed by atoms with Gasteiger partial charge in [-0.1, -0.05) is 0 Å². The Morgan fingerprint density at radius 2 is 2.00 bits per heavy atom. The van der Waals surface area contributed by atoms with E-state index in [9.17, 15) is 14.4 Å². The van der Waals surface area contributed by atoms with Crippen molar-refractivity contribution in [2.45, 2.75) is 32.2 Å². The van der Waals surface area contributed by atoms with Crippen molar-refractivity contribution < 1.29 is 4.79 Å². The number of hydrogen-bond acceptors (Lipinski definition) is 4. The van der Waals surface area contributed by atoms with E-state index in [0.717, 1.165) is 35.1 Å². The van der Waals surface area contributed by atoms with Crippen molar-refractivity contribution in [2.75, 3.05) is 6.54 Å². The highest BCUT2D eigenvalue weighted by Gasteiger charge is 2.32. The number of aromatic nitrogens is 4. The first-order chi connectivity index (χ1) is 11.4. The molecule has 2 aromatic rings. The van der Waals surface area contributed by atoms with Gasteiger partial charge in [-0.2, -0.15) is 5.10 Å². The number of H-pyrrole nitrogens is 1. The number of aromatic amines is 1. The molecule has 1 saturated heterocycles. The Labute approximate surface area is 138 Å². The molecule has 1 aliphatic rings. The van der Waals surface area contributed by atoms with Gasteiger partial charge >= 0.3 is 5.69 Å². The van der Waals surface area contributed by atoms with Crippen LogP contribution >= 0.6 is 0 Å². The van der Waals surface area contributed by atoms with Crippen LogP contribution in [0.25, 0.3) is 0 Å². The van der Waals surface area contributed by atoms with Gasteiger partial charge in [0.15, 0.2) is 0 Å². The van der Waals surface area contributed by atoms with E-state index in [1.54, 1.807) is 11.1 Å². The Morgan fingerprint density at radius 3 is 2.67 bits per heavy atom. The highest BCUT2D eigenvalue weighted by Crippen LogP contribution is 2.32. The summed E-state index contributed by atoms with van der Waals surface area (Å²) in [6.45, 7) is 2.54. The number of piperidine rings is 1. The summed E-state index contributed by atoms with van der Waals surface area (Å²) in [5.41, 5.74) is 1.05. The normalized spacial score (nSPS) is 18.0. The molecule has 0 saturated carbocycles. The Bertz CT molecular complexity index is 892. The molecule has 0 spiro atoms. The second kappa shape index (κ2) is 6.10. The maximum atomic E-state index is 13.0. The number of aryl methyl sites for hydroxylation is 1. The van der Waals surface area contributed by atoms with E-state index in [-0.39, 0.29) is 17.6 Å². The maximum Gasteiger partial charge on any atom is 0.331 e. The minimum Gasteiger partial charge on any atom is -0.329 e. The van der Waals surface area contributed by atoms with E-state index in [2.05, 4.69) is 10.2 Å². The first-order valence-electron chi connectivity index (χ1n) is 7.99. The fourth-order valence-electron chi connectivity index (χ4n) is 3.25. The fourth-order valence-corrected chi connectivity index (χ4v) is 3.25. The minimum absolute atomic E-state index is 0.118. The van der Waals surface area contributed by atoms with Gasteiger partial charge < -0.3 is 4.90 Å². The zero-order chi connectivity index (χ0) is 17.4. The molecular formula is C16H21N5O3. The summed E-state index contributed by atoms with van der Waals surface area (Å²) in [7, 11) is 2.91. The highest BCUT2D eigenvalue weighted by molar-refractivity contribution is 5.92. The van der Waals surface area contributed by atoms with Crippen LogP contribution in [0.2, 0.25) is 0 Å². The third kappa shape index (κ3) is 2.57. The molecule has 3 heterocycles. The van der Waals surface area contributed by atoms with E-state index < -0.39 is 11.2 Å². The van der Waals surface area contributed by atoms with Crippen LogP contribution in [0.3, 0.4) is 0 Å². The van der Waals surface area contributed by atoms with E-state index in [0.29, 0.717) is 6.54 Å². The lowest BCUT2D eigenvalue weighted by Crippen LogP contribution is -2.44. The third-order valence-electron chi connectivity index (χ3n) is 4.71. The molecule has 0 unspecified atom stereocenters. The van der Waals surface area contributed by atoms with Crippen LogP contribution in [0.4, 0.5) is 0 Å². The molecule has 1 N–H and O–H groups in total. The molecule has 1 aliphatic heterocycles. The maximum absolute atomic E-state index is 13.0. The van der Waals surface area contributed by atoms with Crippen molar-refractivity contribution in [1.29, 1.82) is 0 Å². The second-order valence-electron chi connectivity index (χ2n) is 6.25. The van der Waals surface area contributed by atoms with E-state index in [1.807, 2.05) is 6.92 Å². The van der Waals surface area contributed by atoms with Crippen LogP contribution in [-0.2, 0) is 14.1 Å². The molecule has 0 radical (unpaired) electrons. The topological polar surface area (TPSA) is 93.0 Å². The molecule has 2 aromatic heterocycles. The van der Waals surface area contributed by atoms with Crippen LogP contribution in [0, 0.1) is 6.92 Å². The summed E-state index contributed by atoms with van der Waals surface area (Å²) in [6.07, 6.45) is 4.48. The molecule has 3 rings (SSSR count). The zero-order valence-electron chi connectivity index (χ0n) is 14.1. The molecule has 8 nitrogen and oxygen atoms in total. The lowest BCUT2D eigenvalue weighted by atomic mass is 9.97. The summed E-state index contributed by atoms with van der Waals surface area (Å²) >= 11 is 0. The van der Waals surface area contributed by atoms with Gasteiger partial charge in [-0.25, -0.2) is 4.79 Å². The van der Waals surface area contributed by atoms with E-state index in [1.165, 1.54) is 24.7 Å². The molecular weight excluding hydrogens is 310 g/mol. The number of carbonyl (C=O) groups excluding carboxylic acids is 1. The Balaban J connectivity index is 2.04. The van der Waals surface area contributed by atoms with Crippen molar-refractivity contribution in [3.8, 4) is 0 Å². The van der Waals surface area contributed by atoms with Gasteiger partial charge in [0.2, 0.25) is 0 Å². The summed E-state index contributed by atoms with van der Waals surface area (Å²) < 4.78 is 2.22. The Hall–Kier alpha value is -2.64. The van der Waals surface area contributed by atoms with Crippen LogP contribution in [-0.4, -0.2) is 36.7 Å². The Morgan fingerprint density at radius 1 is 1.25 bits per heavy atom. The average Bonchev–Trinajstić information content (AvgIpc) is 3.01. The largest absolute Gasteiger partial charge is 0.331 e. The number of amides is 1. The number of carbonyl (C=O) groups is 1. The molecule has 0 aliphatic carbocycles. The van der Waals surface area contributed by atoms with Crippen LogP contribution in [0.15, 0.2) is 21.9 Å². The first-order valence-corrected chi connectivity index (χ1v) is 7.99. The zero-order valence-corrected chi connectivity index (χ0v) is 14.1. The Kier molecular flexibility index (Phi) is 4.13. The van der Waals surface area contributed by atoms with Crippen molar-refractivity contribution in [3.05, 3.63) is 50.1 Å². The predicted molar refractivity (Wildman–Crippen MR) is 87.9 cm³/mol. The van der Waals surface area contributed by atoms with E-state index in [4.69, 9.17) is 0 Å². The van der Waals surface area contributed by atoms with Crippen LogP contribution in [0.1, 0.15) is 47.1 Å². The van der Waals surface area contributed by atoms with Crippen LogP contribution in [0.5, 0.6) is 0 Å². The lowest BCUT2D eigenvalue weighted by molar-refractivity contribution is 0.0593. The molecule has 128 valence electrons. The predicted octanol–water partition coefficient (Wildman–Crippen LogP) is 0.483. The molecule has 8 heteroatoms. The standard InChI is InChI=1S/C16H21N5O3/c1-10-9-17-18-14(10)11-6-4-5-7-21(11)15(23)12-8-13(22)20(3)16(24)19(12)2/h8-9,11H,4-7H2,1-3H3,(H,17,18)/t11-/m0/s1. The van der Waals surface area contributed by atoms with Crippen molar-refractivity contribution >= 4 is 5.91 Å². The van der Waals surface area contributed by atoms with Gasteiger partial charge in [0.1, 0.15) is 5.69 Å². The number of nitrogens with zero attached hydrogens (tertiary/aromatic N) is 4. The van der Waals surface area contributed by atoms with Crippen molar-refractivity contribution in [3.63, 3.8) is 0 Å². The molecule has 1 fully saturated rings. The van der Waals surface area contributed by atoms with Gasteiger partial charge in [-0.3, -0.25) is 23.8 Å². The number of hydrogen-bond donors (Lipinski definition) is 1.